The van der Waals surface area contributed by atoms with Gasteiger partial charge in [-0.05, 0) is 21.8 Å². The fraction of sp³-hybridized carbons (Fsp3) is 1.00. The zero-order chi connectivity index (χ0) is 7.65. The average molecular weight is 203 g/mol. The molecule has 9 heavy (non-hydrogen) atoms. The lowest BCUT2D eigenvalue weighted by molar-refractivity contribution is -0.0514. The van der Waals surface area contributed by atoms with E-state index in [0.29, 0.717) is 0 Å². The molecule has 4 heteroatoms. The molecule has 0 aromatic carbocycles. The first-order valence-electron chi connectivity index (χ1n) is 2.60. The van der Waals surface area contributed by atoms with Gasteiger partial charge >= 0.3 is 4.83 Å². The molecule has 0 saturated heterocycles. The van der Waals surface area contributed by atoms with Gasteiger partial charge in [0.05, 0.1) is 0 Å². The van der Waals surface area contributed by atoms with Gasteiger partial charge in [-0.2, -0.15) is 8.78 Å². The summed E-state index contributed by atoms with van der Waals surface area (Å²) in [5.41, 5.74) is 0. The van der Waals surface area contributed by atoms with E-state index in [-0.39, 0.29) is 0 Å². The summed E-state index contributed by atoms with van der Waals surface area (Å²) in [5, 5.41) is 8.67. The van der Waals surface area contributed by atoms with Crippen molar-refractivity contribution in [1.82, 2.24) is 0 Å². The van der Waals surface area contributed by atoms with Crippen LogP contribution in [0.3, 0.4) is 0 Å². The summed E-state index contributed by atoms with van der Waals surface area (Å²) >= 11 is 2.06. The van der Waals surface area contributed by atoms with Crippen molar-refractivity contribution in [3.05, 3.63) is 0 Å². The third-order valence-corrected chi connectivity index (χ3v) is 1.44. The quantitative estimate of drug-likeness (QED) is 0.680. The highest BCUT2D eigenvalue weighted by molar-refractivity contribution is 9.10. The van der Waals surface area contributed by atoms with E-state index in [4.69, 9.17) is 5.11 Å². The molecule has 0 aliphatic carbocycles. The second kappa shape index (κ2) is 2.92. The Morgan fingerprint density at radius 1 is 1.44 bits per heavy atom. The van der Waals surface area contributed by atoms with Gasteiger partial charge in [0, 0.05) is 0 Å². The SMILES string of the molecule is CC(C)C(O)C(F)(F)Br. The molecule has 0 aliphatic heterocycles. The Hall–Kier alpha value is 0.300. The van der Waals surface area contributed by atoms with Crippen molar-refractivity contribution in [3.63, 3.8) is 0 Å². The van der Waals surface area contributed by atoms with Crippen molar-refractivity contribution in [3.8, 4) is 0 Å². The molecule has 0 aliphatic rings. The van der Waals surface area contributed by atoms with Crippen LogP contribution in [0, 0.1) is 5.92 Å². The largest absolute Gasteiger partial charge is 0.386 e. The molecular weight excluding hydrogens is 194 g/mol. The van der Waals surface area contributed by atoms with Crippen LogP contribution in [0.2, 0.25) is 0 Å². The molecule has 1 atom stereocenters. The number of rotatable bonds is 2. The van der Waals surface area contributed by atoms with Crippen LogP contribution in [-0.2, 0) is 0 Å². The van der Waals surface area contributed by atoms with E-state index in [1.54, 1.807) is 0 Å². The molecule has 0 spiro atoms. The molecule has 0 aromatic heterocycles. The van der Waals surface area contributed by atoms with Gasteiger partial charge in [-0.1, -0.05) is 13.8 Å². The highest BCUT2D eigenvalue weighted by Gasteiger charge is 2.36. The number of hydrogen-bond acceptors (Lipinski definition) is 1. The predicted octanol–water partition coefficient (Wildman–Crippen LogP) is 1.99. The monoisotopic (exact) mass is 202 g/mol. The molecule has 56 valence electrons. The normalized spacial score (nSPS) is 16.3. The van der Waals surface area contributed by atoms with E-state index in [1.807, 2.05) is 0 Å². The predicted molar refractivity (Wildman–Crippen MR) is 34.7 cm³/mol. The highest BCUT2D eigenvalue weighted by atomic mass is 79.9. The number of aliphatic hydroxyl groups excluding tert-OH is 1. The van der Waals surface area contributed by atoms with Gasteiger partial charge in [0.25, 0.3) is 0 Å². The molecule has 1 N–H and O–H groups in total. The number of aliphatic hydroxyl groups is 1. The van der Waals surface area contributed by atoms with Gasteiger partial charge in [0.2, 0.25) is 0 Å². The van der Waals surface area contributed by atoms with Crippen LogP contribution in [0.5, 0.6) is 0 Å². The maximum atomic E-state index is 12.0. The highest BCUT2D eigenvalue weighted by Crippen LogP contribution is 2.29. The van der Waals surface area contributed by atoms with Crippen molar-refractivity contribution < 1.29 is 13.9 Å². The molecule has 0 aromatic rings. The lowest BCUT2D eigenvalue weighted by Gasteiger charge is -2.19. The molecule has 0 rings (SSSR count). The van der Waals surface area contributed by atoms with Crippen molar-refractivity contribution in [1.29, 1.82) is 0 Å². The fourth-order valence-electron chi connectivity index (χ4n) is 0.378. The minimum absolute atomic E-state index is 0.431. The first kappa shape index (κ1) is 9.30. The van der Waals surface area contributed by atoms with Gasteiger partial charge in [0.15, 0.2) is 0 Å². The number of alkyl halides is 3. The molecule has 0 heterocycles. The average Bonchev–Trinajstić information content (AvgIpc) is 1.62. The van der Waals surface area contributed by atoms with Crippen molar-refractivity contribution in [2.24, 2.45) is 5.92 Å². The minimum atomic E-state index is -3.15. The summed E-state index contributed by atoms with van der Waals surface area (Å²) in [6.07, 6.45) is -1.60. The second-order valence-electron chi connectivity index (χ2n) is 2.23. The van der Waals surface area contributed by atoms with Crippen LogP contribution < -0.4 is 0 Å². The molecule has 0 radical (unpaired) electrons. The summed E-state index contributed by atoms with van der Waals surface area (Å²) in [6, 6.07) is 0. The molecule has 0 amide bonds. The third kappa shape index (κ3) is 3.11. The van der Waals surface area contributed by atoms with Gasteiger partial charge in [-0.25, -0.2) is 0 Å². The fourth-order valence-corrected chi connectivity index (χ4v) is 0.907. The van der Waals surface area contributed by atoms with Gasteiger partial charge in [0.1, 0.15) is 6.10 Å². The topological polar surface area (TPSA) is 20.2 Å². The first-order valence-corrected chi connectivity index (χ1v) is 3.39. The van der Waals surface area contributed by atoms with E-state index in [9.17, 15) is 8.78 Å². The Morgan fingerprint density at radius 3 is 1.78 bits per heavy atom. The molecule has 0 bridgehead atoms. The van der Waals surface area contributed by atoms with Gasteiger partial charge in [-0.15, -0.1) is 0 Å². The number of halogens is 3. The summed E-state index contributed by atoms with van der Waals surface area (Å²) in [5.74, 6) is -0.431. The summed E-state index contributed by atoms with van der Waals surface area (Å²) < 4.78 is 24.1. The maximum Gasteiger partial charge on any atom is 0.326 e. The van der Waals surface area contributed by atoms with Crippen LogP contribution in [0.25, 0.3) is 0 Å². The molecule has 1 nitrogen and oxygen atoms in total. The Balaban J connectivity index is 3.88. The zero-order valence-electron chi connectivity index (χ0n) is 5.24. The summed E-state index contributed by atoms with van der Waals surface area (Å²) in [7, 11) is 0. The van der Waals surface area contributed by atoms with Crippen LogP contribution in [0.15, 0.2) is 0 Å². The standard InChI is InChI=1S/C5H9BrF2O/c1-3(2)4(9)5(6,7)8/h3-4,9H,1-2H3. The van der Waals surface area contributed by atoms with E-state index in [1.165, 1.54) is 13.8 Å². The van der Waals surface area contributed by atoms with Gasteiger partial charge < -0.3 is 5.11 Å². The second-order valence-corrected chi connectivity index (χ2v) is 3.29. The Kier molecular flexibility index (Phi) is 3.02. The zero-order valence-corrected chi connectivity index (χ0v) is 6.82. The number of hydrogen-bond donors (Lipinski definition) is 1. The first-order chi connectivity index (χ1) is 3.85. The van der Waals surface area contributed by atoms with Gasteiger partial charge in [-0.3, -0.25) is 0 Å². The lowest BCUT2D eigenvalue weighted by Crippen LogP contribution is -2.31. The molecule has 0 saturated carbocycles. The van der Waals surface area contributed by atoms with Crippen molar-refractivity contribution in [2.45, 2.75) is 24.8 Å². The molecule has 1 unspecified atom stereocenters. The van der Waals surface area contributed by atoms with Crippen molar-refractivity contribution >= 4 is 15.9 Å². The van der Waals surface area contributed by atoms with Crippen LogP contribution in [0.4, 0.5) is 8.78 Å². The Morgan fingerprint density at radius 2 is 1.78 bits per heavy atom. The van der Waals surface area contributed by atoms with Crippen LogP contribution >= 0.6 is 15.9 Å². The molecular formula is C5H9BrF2O. The van der Waals surface area contributed by atoms with Crippen LogP contribution in [0.1, 0.15) is 13.8 Å². The Labute approximate surface area is 61.2 Å². The van der Waals surface area contributed by atoms with Crippen LogP contribution in [-0.4, -0.2) is 16.0 Å². The van der Waals surface area contributed by atoms with E-state index in [0.717, 1.165) is 0 Å². The third-order valence-electron chi connectivity index (χ3n) is 0.967. The summed E-state index contributed by atoms with van der Waals surface area (Å²) in [6.45, 7) is 3.06. The molecule has 0 fully saturated rings. The minimum Gasteiger partial charge on any atom is -0.386 e. The van der Waals surface area contributed by atoms with Crippen molar-refractivity contribution in [2.75, 3.05) is 0 Å². The van der Waals surface area contributed by atoms with E-state index in [2.05, 4.69) is 15.9 Å². The van der Waals surface area contributed by atoms with E-state index >= 15 is 0 Å². The Bertz CT molecular complexity index is 89.4. The smallest absolute Gasteiger partial charge is 0.326 e. The lowest BCUT2D eigenvalue weighted by atomic mass is 10.1. The summed E-state index contributed by atoms with van der Waals surface area (Å²) in [4.78, 5) is -3.15. The van der Waals surface area contributed by atoms with E-state index < -0.39 is 16.9 Å². The maximum absolute atomic E-state index is 12.0.